The van der Waals surface area contributed by atoms with E-state index in [9.17, 15) is 0 Å². The lowest BCUT2D eigenvalue weighted by Gasteiger charge is -2.14. The molecule has 0 unspecified atom stereocenters. The molecule has 22 heavy (non-hydrogen) atoms. The van der Waals surface area contributed by atoms with Gasteiger partial charge in [-0.2, -0.15) is 10.1 Å². The fourth-order valence-corrected chi connectivity index (χ4v) is 2.71. The van der Waals surface area contributed by atoms with Crippen LogP contribution in [0, 0.1) is 12.8 Å². The maximum atomic E-state index is 5.78. The fourth-order valence-electron chi connectivity index (χ4n) is 2.71. The average molecular weight is 301 g/mol. The van der Waals surface area contributed by atoms with Gasteiger partial charge in [-0.1, -0.05) is 5.16 Å². The first-order chi connectivity index (χ1) is 10.8. The van der Waals surface area contributed by atoms with Crippen LogP contribution < -0.4 is 0 Å². The van der Waals surface area contributed by atoms with E-state index >= 15 is 0 Å². The molecule has 1 aliphatic rings. The van der Waals surface area contributed by atoms with Crippen molar-refractivity contribution in [1.29, 1.82) is 0 Å². The van der Waals surface area contributed by atoms with Crippen molar-refractivity contribution < 1.29 is 13.7 Å². The molecule has 114 valence electrons. The highest BCUT2D eigenvalue weighted by Crippen LogP contribution is 2.35. The van der Waals surface area contributed by atoms with Crippen molar-refractivity contribution in [3.63, 3.8) is 0 Å². The molecule has 0 amide bonds. The number of nitrogens with zero attached hydrogens (tertiary/aromatic N) is 5. The van der Waals surface area contributed by atoms with Gasteiger partial charge in [0.15, 0.2) is 12.1 Å². The molecule has 4 rings (SSSR count). The third-order valence-electron chi connectivity index (χ3n) is 3.84. The average Bonchev–Trinajstić information content (AvgIpc) is 3.24. The summed E-state index contributed by atoms with van der Waals surface area (Å²) < 4.78 is 18.2. The van der Waals surface area contributed by atoms with E-state index in [2.05, 4.69) is 20.2 Å². The molecule has 0 saturated carbocycles. The number of hydrogen-bond donors (Lipinski definition) is 0. The predicted molar refractivity (Wildman–Crippen MR) is 73.6 cm³/mol. The SMILES string of the molecule is Cc1ocnc1-c1noc([C@H]2OCC[C@H]2Cn2cccn2)n1. The molecule has 1 fully saturated rings. The van der Waals surface area contributed by atoms with Gasteiger partial charge in [-0.3, -0.25) is 4.68 Å². The standard InChI is InChI=1S/C14H15N5O3/c1-9-11(15-8-21-9)13-17-14(22-18-13)12-10(3-6-20-12)7-19-5-2-4-16-19/h2,4-5,8,10,12H,3,6-7H2,1H3/t10-,12-/m0/s1. The van der Waals surface area contributed by atoms with Crippen molar-refractivity contribution >= 4 is 0 Å². The summed E-state index contributed by atoms with van der Waals surface area (Å²) in [6.07, 6.45) is 5.80. The van der Waals surface area contributed by atoms with Gasteiger partial charge >= 0.3 is 0 Å². The summed E-state index contributed by atoms with van der Waals surface area (Å²) in [5.74, 6) is 1.82. The van der Waals surface area contributed by atoms with Crippen LogP contribution in [0.4, 0.5) is 0 Å². The van der Waals surface area contributed by atoms with Crippen LogP contribution in [0.25, 0.3) is 11.5 Å². The zero-order valence-corrected chi connectivity index (χ0v) is 12.0. The van der Waals surface area contributed by atoms with E-state index in [0.29, 0.717) is 29.8 Å². The van der Waals surface area contributed by atoms with Crippen LogP contribution in [0.1, 0.15) is 24.2 Å². The Bertz CT molecular complexity index is 748. The molecule has 0 spiro atoms. The van der Waals surface area contributed by atoms with E-state index in [1.165, 1.54) is 6.39 Å². The minimum absolute atomic E-state index is 0.211. The summed E-state index contributed by atoms with van der Waals surface area (Å²) in [6.45, 7) is 3.25. The Morgan fingerprint density at radius 3 is 3.14 bits per heavy atom. The first kappa shape index (κ1) is 13.2. The first-order valence-electron chi connectivity index (χ1n) is 7.14. The molecule has 3 aromatic heterocycles. The predicted octanol–water partition coefficient (Wildman–Crippen LogP) is 2.01. The quantitative estimate of drug-likeness (QED) is 0.727. The Morgan fingerprint density at radius 2 is 2.36 bits per heavy atom. The molecule has 1 aliphatic heterocycles. The van der Waals surface area contributed by atoms with E-state index in [4.69, 9.17) is 13.7 Å². The van der Waals surface area contributed by atoms with Crippen molar-refractivity contribution in [1.82, 2.24) is 24.9 Å². The summed E-state index contributed by atoms with van der Waals surface area (Å²) in [4.78, 5) is 8.52. The van der Waals surface area contributed by atoms with Gasteiger partial charge in [0.25, 0.3) is 5.89 Å². The Morgan fingerprint density at radius 1 is 1.41 bits per heavy atom. The van der Waals surface area contributed by atoms with E-state index in [-0.39, 0.29) is 12.0 Å². The maximum absolute atomic E-state index is 5.78. The second kappa shape index (κ2) is 5.38. The molecule has 0 bridgehead atoms. The van der Waals surface area contributed by atoms with Gasteiger partial charge in [0.1, 0.15) is 11.9 Å². The highest BCUT2D eigenvalue weighted by Gasteiger charge is 2.35. The van der Waals surface area contributed by atoms with Crippen molar-refractivity contribution in [3.8, 4) is 11.5 Å². The highest BCUT2D eigenvalue weighted by molar-refractivity contribution is 5.49. The maximum Gasteiger partial charge on any atom is 0.256 e. The highest BCUT2D eigenvalue weighted by atomic mass is 16.5. The van der Waals surface area contributed by atoms with Crippen molar-refractivity contribution in [2.24, 2.45) is 5.92 Å². The summed E-state index contributed by atoms with van der Waals surface area (Å²) in [5, 5.41) is 8.22. The number of ether oxygens (including phenoxy) is 1. The molecular formula is C14H15N5O3. The molecule has 0 N–H and O–H groups in total. The topological polar surface area (TPSA) is 92.0 Å². The van der Waals surface area contributed by atoms with Crippen LogP contribution in [0.2, 0.25) is 0 Å². The van der Waals surface area contributed by atoms with Gasteiger partial charge in [-0.15, -0.1) is 0 Å². The van der Waals surface area contributed by atoms with Gasteiger partial charge in [0, 0.05) is 31.5 Å². The lowest BCUT2D eigenvalue weighted by molar-refractivity contribution is 0.0578. The number of aryl methyl sites for hydroxylation is 1. The van der Waals surface area contributed by atoms with E-state index in [0.717, 1.165) is 13.0 Å². The molecule has 1 saturated heterocycles. The summed E-state index contributed by atoms with van der Waals surface area (Å²) in [6, 6.07) is 1.91. The van der Waals surface area contributed by atoms with Gasteiger partial charge in [0.2, 0.25) is 5.82 Å². The van der Waals surface area contributed by atoms with E-state index in [1.54, 1.807) is 6.20 Å². The minimum Gasteiger partial charge on any atom is -0.448 e. The summed E-state index contributed by atoms with van der Waals surface area (Å²) in [7, 11) is 0. The van der Waals surface area contributed by atoms with Gasteiger partial charge in [-0.25, -0.2) is 4.98 Å². The molecular weight excluding hydrogens is 286 g/mol. The van der Waals surface area contributed by atoms with Crippen LogP contribution in [-0.2, 0) is 11.3 Å². The van der Waals surface area contributed by atoms with Crippen LogP contribution in [-0.4, -0.2) is 31.5 Å². The lowest BCUT2D eigenvalue weighted by atomic mass is 10.0. The van der Waals surface area contributed by atoms with Crippen LogP contribution in [0.5, 0.6) is 0 Å². The van der Waals surface area contributed by atoms with E-state index < -0.39 is 0 Å². The monoisotopic (exact) mass is 301 g/mol. The van der Waals surface area contributed by atoms with Gasteiger partial charge < -0.3 is 13.7 Å². The number of hydrogen-bond acceptors (Lipinski definition) is 7. The van der Waals surface area contributed by atoms with E-state index in [1.807, 2.05) is 23.9 Å². The molecule has 8 nitrogen and oxygen atoms in total. The lowest BCUT2D eigenvalue weighted by Crippen LogP contribution is -2.15. The Kier molecular flexibility index (Phi) is 3.23. The third-order valence-corrected chi connectivity index (χ3v) is 3.84. The summed E-state index contributed by atoms with van der Waals surface area (Å²) >= 11 is 0. The Hall–Kier alpha value is -2.48. The second-order valence-corrected chi connectivity index (χ2v) is 5.28. The summed E-state index contributed by atoms with van der Waals surface area (Å²) in [5.41, 5.74) is 0.594. The van der Waals surface area contributed by atoms with Crippen molar-refractivity contribution in [2.75, 3.05) is 6.61 Å². The van der Waals surface area contributed by atoms with Crippen LogP contribution in [0.15, 0.2) is 33.8 Å². The largest absolute Gasteiger partial charge is 0.448 e. The Labute approximate surface area is 126 Å². The molecule has 8 heteroatoms. The molecule has 4 heterocycles. The molecule has 0 radical (unpaired) electrons. The number of oxazole rings is 1. The molecule has 3 aromatic rings. The Balaban J connectivity index is 1.56. The van der Waals surface area contributed by atoms with Crippen LogP contribution >= 0.6 is 0 Å². The normalized spacial score (nSPS) is 21.5. The van der Waals surface area contributed by atoms with Crippen LogP contribution in [0.3, 0.4) is 0 Å². The zero-order chi connectivity index (χ0) is 14.9. The molecule has 0 aromatic carbocycles. The minimum atomic E-state index is -0.211. The van der Waals surface area contributed by atoms with Crippen molar-refractivity contribution in [2.45, 2.75) is 26.0 Å². The van der Waals surface area contributed by atoms with Gasteiger partial charge in [0.05, 0.1) is 0 Å². The van der Waals surface area contributed by atoms with Gasteiger partial charge in [-0.05, 0) is 19.4 Å². The number of aromatic nitrogens is 5. The second-order valence-electron chi connectivity index (χ2n) is 5.28. The smallest absolute Gasteiger partial charge is 0.256 e. The first-order valence-corrected chi connectivity index (χ1v) is 7.14. The van der Waals surface area contributed by atoms with Crippen molar-refractivity contribution in [3.05, 3.63) is 36.5 Å². The third kappa shape index (κ3) is 2.31. The zero-order valence-electron chi connectivity index (χ0n) is 12.0. The molecule has 2 atom stereocenters. The number of rotatable bonds is 4. The fraction of sp³-hybridized carbons (Fsp3) is 0.429. The molecule has 0 aliphatic carbocycles.